The predicted molar refractivity (Wildman–Crippen MR) is 76.7 cm³/mol. The molecule has 3 nitrogen and oxygen atoms in total. The van der Waals surface area contributed by atoms with Crippen LogP contribution in [-0.4, -0.2) is 10.6 Å². The lowest BCUT2D eigenvalue weighted by atomic mass is 10.1. The van der Waals surface area contributed by atoms with Crippen molar-refractivity contribution in [1.29, 1.82) is 5.26 Å². The van der Waals surface area contributed by atoms with E-state index in [1.54, 1.807) is 0 Å². The topological polar surface area (TPSA) is 40.8 Å². The molecule has 0 aliphatic rings. The Morgan fingerprint density at radius 2 is 2.11 bits per heavy atom. The van der Waals surface area contributed by atoms with Gasteiger partial charge >= 0.3 is 0 Å². The van der Waals surface area contributed by atoms with E-state index >= 15 is 0 Å². The van der Waals surface area contributed by atoms with E-state index in [0.717, 1.165) is 18.7 Å². The van der Waals surface area contributed by atoms with E-state index in [2.05, 4.69) is 54.2 Å². The lowest BCUT2D eigenvalue weighted by Gasteiger charge is -2.12. The quantitative estimate of drug-likeness (QED) is 0.890. The normalized spacial score (nSPS) is 10.6. The molecule has 0 saturated carbocycles. The number of nitriles is 1. The van der Waals surface area contributed by atoms with Crippen LogP contribution in [-0.2, 0) is 13.1 Å². The Morgan fingerprint density at radius 3 is 2.84 bits per heavy atom. The Morgan fingerprint density at radius 1 is 1.26 bits per heavy atom. The Kier molecular flexibility index (Phi) is 4.38. The number of hydrogen-bond donors (Lipinski definition) is 1. The largest absolute Gasteiger partial charge is 0.346 e. The highest BCUT2D eigenvalue weighted by atomic mass is 15.0. The second-order valence-corrected chi connectivity index (χ2v) is 4.98. The van der Waals surface area contributed by atoms with Crippen molar-refractivity contribution in [1.82, 2.24) is 9.88 Å². The van der Waals surface area contributed by atoms with Crippen molar-refractivity contribution in [3.63, 3.8) is 0 Å². The van der Waals surface area contributed by atoms with Crippen molar-refractivity contribution in [3.05, 3.63) is 59.4 Å². The molecule has 0 bridgehead atoms. The summed E-state index contributed by atoms with van der Waals surface area (Å²) in [7, 11) is 0. The van der Waals surface area contributed by atoms with Crippen molar-refractivity contribution in [2.75, 3.05) is 0 Å². The smallest absolute Gasteiger partial charge is 0.0991 e. The molecule has 0 fully saturated rings. The average molecular weight is 253 g/mol. The number of rotatable bonds is 5. The highest BCUT2D eigenvalue weighted by Crippen LogP contribution is 2.10. The van der Waals surface area contributed by atoms with Crippen LogP contribution in [0.2, 0.25) is 0 Å². The lowest BCUT2D eigenvalue weighted by molar-refractivity contribution is 0.564. The number of nitrogens with one attached hydrogen (secondary N) is 1. The fraction of sp³-hybridized carbons (Fsp3) is 0.312. The molecule has 0 aliphatic carbocycles. The maximum absolute atomic E-state index is 8.92. The van der Waals surface area contributed by atoms with Crippen molar-refractivity contribution >= 4 is 0 Å². The summed E-state index contributed by atoms with van der Waals surface area (Å²) in [4.78, 5) is 0. The SMILES string of the molecule is CC(C)NCc1cccn1Cc1cccc(C#N)c1. The molecule has 1 aromatic carbocycles. The van der Waals surface area contributed by atoms with Crippen LogP contribution < -0.4 is 5.32 Å². The number of benzene rings is 1. The van der Waals surface area contributed by atoms with Gasteiger partial charge in [-0.3, -0.25) is 0 Å². The van der Waals surface area contributed by atoms with Crippen LogP contribution in [0.4, 0.5) is 0 Å². The molecule has 0 amide bonds. The van der Waals surface area contributed by atoms with Crippen LogP contribution in [0.1, 0.15) is 30.7 Å². The molecule has 1 N–H and O–H groups in total. The number of nitrogens with zero attached hydrogens (tertiary/aromatic N) is 2. The molecule has 3 heteroatoms. The van der Waals surface area contributed by atoms with Crippen LogP contribution in [0.25, 0.3) is 0 Å². The molecule has 0 aliphatic heterocycles. The molecular formula is C16H19N3. The molecular weight excluding hydrogens is 234 g/mol. The van der Waals surface area contributed by atoms with Gasteiger partial charge in [0, 0.05) is 31.0 Å². The van der Waals surface area contributed by atoms with Gasteiger partial charge in [-0.25, -0.2) is 0 Å². The van der Waals surface area contributed by atoms with E-state index in [-0.39, 0.29) is 0 Å². The van der Waals surface area contributed by atoms with Crippen molar-refractivity contribution in [3.8, 4) is 6.07 Å². The van der Waals surface area contributed by atoms with Crippen LogP contribution in [0.5, 0.6) is 0 Å². The lowest BCUT2D eigenvalue weighted by Crippen LogP contribution is -2.23. The summed E-state index contributed by atoms with van der Waals surface area (Å²) in [6.07, 6.45) is 2.08. The van der Waals surface area contributed by atoms with Crippen LogP contribution >= 0.6 is 0 Å². The minimum Gasteiger partial charge on any atom is -0.346 e. The molecule has 0 spiro atoms. The van der Waals surface area contributed by atoms with Crippen LogP contribution in [0, 0.1) is 11.3 Å². The third kappa shape index (κ3) is 3.70. The maximum Gasteiger partial charge on any atom is 0.0991 e. The van der Waals surface area contributed by atoms with Crippen molar-refractivity contribution in [2.45, 2.75) is 33.0 Å². The number of aromatic nitrogens is 1. The fourth-order valence-corrected chi connectivity index (χ4v) is 2.01. The molecule has 19 heavy (non-hydrogen) atoms. The van der Waals surface area contributed by atoms with E-state index in [9.17, 15) is 0 Å². The molecule has 0 unspecified atom stereocenters. The van der Waals surface area contributed by atoms with Gasteiger partial charge in [0.1, 0.15) is 0 Å². The van der Waals surface area contributed by atoms with Gasteiger partial charge in [-0.15, -0.1) is 0 Å². The molecule has 2 aromatic rings. The first-order valence-electron chi connectivity index (χ1n) is 6.55. The van der Waals surface area contributed by atoms with Crippen molar-refractivity contribution in [2.24, 2.45) is 0 Å². The summed E-state index contributed by atoms with van der Waals surface area (Å²) in [6, 6.07) is 14.6. The molecule has 2 rings (SSSR count). The molecule has 0 atom stereocenters. The zero-order chi connectivity index (χ0) is 13.7. The van der Waals surface area contributed by atoms with Gasteiger partial charge < -0.3 is 9.88 Å². The van der Waals surface area contributed by atoms with Crippen LogP contribution in [0.3, 0.4) is 0 Å². The van der Waals surface area contributed by atoms with Gasteiger partial charge in [-0.1, -0.05) is 26.0 Å². The van der Waals surface area contributed by atoms with Crippen LogP contribution in [0.15, 0.2) is 42.6 Å². The zero-order valence-electron chi connectivity index (χ0n) is 11.4. The summed E-state index contributed by atoms with van der Waals surface area (Å²) in [5, 5.41) is 12.3. The van der Waals surface area contributed by atoms with E-state index in [1.807, 2.05) is 18.2 Å². The van der Waals surface area contributed by atoms with Gasteiger partial charge in [0.05, 0.1) is 11.6 Å². The minimum atomic E-state index is 0.477. The molecule has 1 aromatic heterocycles. The third-order valence-corrected chi connectivity index (χ3v) is 3.02. The Labute approximate surface area is 114 Å². The van der Waals surface area contributed by atoms with E-state index < -0.39 is 0 Å². The Balaban J connectivity index is 2.10. The molecule has 1 heterocycles. The van der Waals surface area contributed by atoms with Gasteiger partial charge in [0.2, 0.25) is 0 Å². The van der Waals surface area contributed by atoms with Gasteiger partial charge in [0.15, 0.2) is 0 Å². The van der Waals surface area contributed by atoms with E-state index in [1.165, 1.54) is 5.69 Å². The molecule has 0 saturated heterocycles. The monoisotopic (exact) mass is 253 g/mol. The highest BCUT2D eigenvalue weighted by Gasteiger charge is 2.03. The first-order valence-corrected chi connectivity index (χ1v) is 6.55. The maximum atomic E-state index is 8.92. The second kappa shape index (κ2) is 6.21. The molecule has 98 valence electrons. The summed E-state index contributed by atoms with van der Waals surface area (Å²) in [5.74, 6) is 0. The fourth-order valence-electron chi connectivity index (χ4n) is 2.01. The summed E-state index contributed by atoms with van der Waals surface area (Å²) < 4.78 is 2.21. The average Bonchev–Trinajstić information content (AvgIpc) is 2.84. The zero-order valence-corrected chi connectivity index (χ0v) is 11.4. The first kappa shape index (κ1) is 13.4. The van der Waals surface area contributed by atoms with E-state index in [4.69, 9.17) is 5.26 Å². The van der Waals surface area contributed by atoms with Gasteiger partial charge in [-0.2, -0.15) is 5.26 Å². The first-order chi connectivity index (χ1) is 9.19. The summed E-state index contributed by atoms with van der Waals surface area (Å²) >= 11 is 0. The van der Waals surface area contributed by atoms with E-state index in [0.29, 0.717) is 11.6 Å². The third-order valence-electron chi connectivity index (χ3n) is 3.02. The Hall–Kier alpha value is -2.05. The number of hydrogen-bond acceptors (Lipinski definition) is 2. The van der Waals surface area contributed by atoms with Gasteiger partial charge in [-0.05, 0) is 29.8 Å². The van der Waals surface area contributed by atoms with Crippen molar-refractivity contribution < 1.29 is 0 Å². The standard InChI is InChI=1S/C16H19N3/c1-13(2)18-11-16-7-4-8-19(16)12-15-6-3-5-14(9-15)10-17/h3-9,13,18H,11-12H2,1-2H3. The molecule has 0 radical (unpaired) electrons. The highest BCUT2D eigenvalue weighted by molar-refractivity contribution is 5.33. The predicted octanol–water partition coefficient (Wildman–Crippen LogP) is 2.91. The van der Waals surface area contributed by atoms with Gasteiger partial charge in [0.25, 0.3) is 0 Å². The minimum absolute atomic E-state index is 0.477. The Bertz CT molecular complexity index is 576. The summed E-state index contributed by atoms with van der Waals surface area (Å²) in [5.41, 5.74) is 3.13. The second-order valence-electron chi connectivity index (χ2n) is 4.98. The summed E-state index contributed by atoms with van der Waals surface area (Å²) in [6.45, 7) is 5.95.